The molecule has 0 aliphatic carbocycles. The average molecular weight is 353 g/mol. The third-order valence-electron chi connectivity index (χ3n) is 4.09. The molecular formula is C19H19N3O4. The highest BCUT2D eigenvalue weighted by molar-refractivity contribution is 6.01. The second-order valence-electron chi connectivity index (χ2n) is 5.94. The Morgan fingerprint density at radius 1 is 1.08 bits per heavy atom. The van der Waals surface area contributed by atoms with Gasteiger partial charge in [0.2, 0.25) is 0 Å². The van der Waals surface area contributed by atoms with Crippen LogP contribution in [0, 0.1) is 6.92 Å². The van der Waals surface area contributed by atoms with Crippen LogP contribution in [0.2, 0.25) is 0 Å². The number of hydrogen-bond donors (Lipinski definition) is 1. The first-order valence-corrected chi connectivity index (χ1v) is 8.20. The Bertz CT molecular complexity index is 823. The van der Waals surface area contributed by atoms with Crippen LogP contribution >= 0.6 is 0 Å². The number of urea groups is 1. The van der Waals surface area contributed by atoms with Crippen LogP contribution in [-0.2, 0) is 22.7 Å². The molecule has 1 N–H and O–H groups in total. The van der Waals surface area contributed by atoms with Gasteiger partial charge in [0, 0.05) is 6.54 Å². The number of rotatable bonds is 5. The molecule has 0 atom stereocenters. The van der Waals surface area contributed by atoms with Gasteiger partial charge in [-0.1, -0.05) is 54.6 Å². The molecule has 1 aliphatic rings. The maximum Gasteiger partial charge on any atom is 0.432 e. The molecule has 1 heterocycles. The molecule has 0 unspecified atom stereocenters. The zero-order chi connectivity index (χ0) is 18.5. The van der Waals surface area contributed by atoms with Crippen molar-refractivity contribution in [3.63, 3.8) is 0 Å². The highest BCUT2D eigenvalue weighted by Crippen LogP contribution is 2.15. The molecule has 2 aromatic carbocycles. The molecular weight excluding hydrogens is 334 g/mol. The van der Waals surface area contributed by atoms with Crippen LogP contribution in [-0.4, -0.2) is 34.5 Å². The Morgan fingerprint density at radius 2 is 1.77 bits per heavy atom. The predicted molar refractivity (Wildman–Crippen MR) is 93.6 cm³/mol. The summed E-state index contributed by atoms with van der Waals surface area (Å²) < 4.78 is 0. The minimum absolute atomic E-state index is 0.142. The highest BCUT2D eigenvalue weighted by Gasteiger charge is 2.38. The molecule has 0 bridgehead atoms. The highest BCUT2D eigenvalue weighted by atomic mass is 16.7. The van der Waals surface area contributed by atoms with Gasteiger partial charge in [-0.05, 0) is 23.6 Å². The number of benzene rings is 2. The lowest BCUT2D eigenvalue weighted by molar-refractivity contribution is -0.127. The van der Waals surface area contributed by atoms with Crippen LogP contribution in [0.25, 0.3) is 0 Å². The Morgan fingerprint density at radius 3 is 2.50 bits per heavy atom. The van der Waals surface area contributed by atoms with Crippen LogP contribution in [0.4, 0.5) is 9.59 Å². The van der Waals surface area contributed by atoms with Crippen molar-refractivity contribution in [1.29, 1.82) is 0 Å². The van der Waals surface area contributed by atoms with Gasteiger partial charge in [-0.3, -0.25) is 9.69 Å². The summed E-state index contributed by atoms with van der Waals surface area (Å²) in [5, 5.41) is 3.36. The Labute approximate surface area is 151 Å². The van der Waals surface area contributed by atoms with Crippen LogP contribution in [0.15, 0.2) is 54.6 Å². The maximum atomic E-state index is 12.3. The van der Waals surface area contributed by atoms with Crippen molar-refractivity contribution in [2.24, 2.45) is 0 Å². The van der Waals surface area contributed by atoms with Crippen LogP contribution in [0.1, 0.15) is 16.7 Å². The normalized spacial score (nSPS) is 13.9. The van der Waals surface area contributed by atoms with E-state index >= 15 is 0 Å². The minimum atomic E-state index is -0.782. The number of carbonyl (C=O) groups is 3. The average Bonchev–Trinajstić information content (AvgIpc) is 2.89. The van der Waals surface area contributed by atoms with E-state index in [9.17, 15) is 14.4 Å². The number of aryl methyl sites for hydroxylation is 1. The zero-order valence-electron chi connectivity index (χ0n) is 14.3. The summed E-state index contributed by atoms with van der Waals surface area (Å²) in [5.74, 6) is -0.412. The fraction of sp³-hybridized carbons (Fsp3) is 0.211. The number of hydrogen-bond acceptors (Lipinski definition) is 4. The topological polar surface area (TPSA) is 79.0 Å². The van der Waals surface area contributed by atoms with Gasteiger partial charge >= 0.3 is 12.1 Å². The van der Waals surface area contributed by atoms with E-state index in [-0.39, 0.29) is 19.6 Å². The van der Waals surface area contributed by atoms with Gasteiger partial charge in [-0.25, -0.2) is 9.59 Å². The maximum absolute atomic E-state index is 12.3. The largest absolute Gasteiger partial charge is 0.432 e. The Balaban J connectivity index is 1.55. The molecule has 1 aliphatic heterocycles. The third-order valence-corrected chi connectivity index (χ3v) is 4.09. The van der Waals surface area contributed by atoms with E-state index < -0.39 is 18.0 Å². The summed E-state index contributed by atoms with van der Waals surface area (Å²) in [7, 11) is 0. The van der Waals surface area contributed by atoms with E-state index in [4.69, 9.17) is 4.84 Å². The van der Waals surface area contributed by atoms with E-state index in [0.717, 1.165) is 26.7 Å². The van der Waals surface area contributed by atoms with Crippen molar-refractivity contribution in [2.45, 2.75) is 20.0 Å². The van der Waals surface area contributed by atoms with Gasteiger partial charge in [-0.15, -0.1) is 5.06 Å². The summed E-state index contributed by atoms with van der Waals surface area (Å²) >= 11 is 0. The van der Waals surface area contributed by atoms with E-state index in [1.165, 1.54) is 0 Å². The summed E-state index contributed by atoms with van der Waals surface area (Å²) in [6, 6.07) is 16.1. The Hall–Kier alpha value is -3.35. The minimum Gasteiger partial charge on any atom is -0.317 e. The number of hydroxylamine groups is 2. The second kappa shape index (κ2) is 7.69. The number of imide groups is 1. The fourth-order valence-corrected chi connectivity index (χ4v) is 2.62. The lowest BCUT2D eigenvalue weighted by Gasteiger charge is -2.16. The predicted octanol–water partition coefficient (Wildman–Crippen LogP) is 2.60. The van der Waals surface area contributed by atoms with Gasteiger partial charge in [0.1, 0.15) is 6.54 Å². The van der Waals surface area contributed by atoms with Crippen LogP contribution < -0.4 is 5.32 Å². The smallest absolute Gasteiger partial charge is 0.317 e. The molecule has 134 valence electrons. The molecule has 1 saturated heterocycles. The number of carbonyl (C=O) groups excluding carboxylic acids is 3. The fourth-order valence-electron chi connectivity index (χ4n) is 2.62. The summed E-state index contributed by atoms with van der Waals surface area (Å²) in [6.45, 7) is 2.06. The number of nitrogens with zero attached hydrogens (tertiary/aromatic N) is 2. The van der Waals surface area contributed by atoms with Crippen LogP contribution in [0.3, 0.4) is 0 Å². The zero-order valence-corrected chi connectivity index (χ0v) is 14.3. The summed E-state index contributed by atoms with van der Waals surface area (Å²) in [4.78, 5) is 42.4. The van der Waals surface area contributed by atoms with Gasteiger partial charge < -0.3 is 10.2 Å². The molecule has 2 aromatic rings. The number of amides is 4. The van der Waals surface area contributed by atoms with Crippen molar-refractivity contribution < 1.29 is 19.2 Å². The molecule has 3 rings (SSSR count). The molecule has 1 fully saturated rings. The van der Waals surface area contributed by atoms with Crippen molar-refractivity contribution in [1.82, 2.24) is 15.3 Å². The first-order chi connectivity index (χ1) is 12.5. The third kappa shape index (κ3) is 4.00. The van der Waals surface area contributed by atoms with E-state index in [1.807, 2.05) is 61.5 Å². The van der Waals surface area contributed by atoms with E-state index in [0.29, 0.717) is 0 Å². The van der Waals surface area contributed by atoms with Gasteiger partial charge in [0.25, 0.3) is 5.91 Å². The summed E-state index contributed by atoms with van der Waals surface area (Å²) in [5.41, 5.74) is 2.80. The van der Waals surface area contributed by atoms with E-state index in [2.05, 4.69) is 5.32 Å². The monoisotopic (exact) mass is 353 g/mol. The van der Waals surface area contributed by atoms with Crippen molar-refractivity contribution >= 4 is 18.0 Å². The van der Waals surface area contributed by atoms with Gasteiger partial charge in [0.15, 0.2) is 0 Å². The number of nitrogens with one attached hydrogen (secondary N) is 1. The SMILES string of the molecule is Cc1ccccc1CNC(=O)ON1CC(=O)N(Cc2ccccc2)C1=O. The second-order valence-corrected chi connectivity index (χ2v) is 5.94. The summed E-state index contributed by atoms with van der Waals surface area (Å²) in [6.07, 6.45) is -0.782. The molecule has 7 heteroatoms. The molecule has 0 radical (unpaired) electrons. The van der Waals surface area contributed by atoms with E-state index in [1.54, 1.807) is 0 Å². The molecule has 4 amide bonds. The lowest BCUT2D eigenvalue weighted by atomic mass is 10.1. The molecule has 0 spiro atoms. The quantitative estimate of drug-likeness (QED) is 0.838. The van der Waals surface area contributed by atoms with Gasteiger partial charge in [0.05, 0.1) is 6.54 Å². The lowest BCUT2D eigenvalue weighted by Crippen LogP contribution is -2.37. The standard InChI is InChI=1S/C19H19N3O4/c1-14-7-5-6-10-16(14)11-20-18(24)26-22-13-17(23)21(19(22)25)12-15-8-3-2-4-9-15/h2-10H,11-13H2,1H3,(H,20,24). The first-order valence-electron chi connectivity index (χ1n) is 8.20. The van der Waals surface area contributed by atoms with Gasteiger partial charge in [-0.2, -0.15) is 0 Å². The molecule has 26 heavy (non-hydrogen) atoms. The van der Waals surface area contributed by atoms with Crippen molar-refractivity contribution in [2.75, 3.05) is 6.54 Å². The first kappa shape index (κ1) is 17.5. The van der Waals surface area contributed by atoms with Crippen LogP contribution in [0.5, 0.6) is 0 Å². The molecule has 7 nitrogen and oxygen atoms in total. The Kier molecular flexibility index (Phi) is 5.17. The van der Waals surface area contributed by atoms with Crippen molar-refractivity contribution in [3.05, 3.63) is 71.3 Å². The molecule has 0 saturated carbocycles. The van der Waals surface area contributed by atoms with Crippen molar-refractivity contribution in [3.8, 4) is 0 Å². The molecule has 0 aromatic heterocycles.